The largest absolute Gasteiger partial charge is 0.364 e. The van der Waals surface area contributed by atoms with Crippen LogP contribution in [-0.4, -0.2) is 17.8 Å². The first-order chi connectivity index (χ1) is 12.2. The number of hydrogen-bond acceptors (Lipinski definition) is 2. The minimum atomic E-state index is 0.181. The maximum absolute atomic E-state index is 4.68. The number of aryl methyl sites for hydroxylation is 1. The topological polar surface area (TPSA) is 15.6 Å². The summed E-state index contributed by atoms with van der Waals surface area (Å²) in [5.41, 5.74) is 6.48. The Hall–Kier alpha value is -1.61. The van der Waals surface area contributed by atoms with Gasteiger partial charge in [0.2, 0.25) is 0 Å². The molecule has 138 valence electrons. The second-order valence-corrected chi connectivity index (χ2v) is 9.30. The van der Waals surface area contributed by atoms with E-state index in [1.165, 1.54) is 28.8 Å². The highest BCUT2D eigenvalue weighted by molar-refractivity contribution is 9.10. The van der Waals surface area contributed by atoms with E-state index in [0.29, 0.717) is 12.0 Å². The number of benzene rings is 2. The van der Waals surface area contributed by atoms with E-state index < -0.39 is 0 Å². The van der Waals surface area contributed by atoms with Gasteiger partial charge in [0.25, 0.3) is 0 Å². The molecule has 1 atom stereocenters. The molecule has 0 aromatic heterocycles. The van der Waals surface area contributed by atoms with Crippen LogP contribution in [0.25, 0.3) is 0 Å². The molecule has 0 saturated heterocycles. The molecule has 0 radical (unpaired) electrons. The molecule has 1 heterocycles. The highest BCUT2D eigenvalue weighted by atomic mass is 79.9. The molecule has 0 aliphatic carbocycles. The Bertz CT molecular complexity index is 819. The van der Waals surface area contributed by atoms with E-state index in [1.807, 2.05) is 30.5 Å². The van der Waals surface area contributed by atoms with Crippen LogP contribution >= 0.6 is 15.9 Å². The molecule has 0 fully saturated rings. The van der Waals surface area contributed by atoms with Crippen LogP contribution in [0.2, 0.25) is 0 Å². The summed E-state index contributed by atoms with van der Waals surface area (Å²) < 4.78 is 1.08. The number of hydrogen-bond donors (Lipinski definition) is 0. The van der Waals surface area contributed by atoms with Crippen LogP contribution in [0.1, 0.15) is 63.6 Å². The maximum atomic E-state index is 4.68. The van der Waals surface area contributed by atoms with Gasteiger partial charge < -0.3 is 4.90 Å². The summed E-state index contributed by atoms with van der Waals surface area (Å²) in [6.45, 7) is 13.9. The zero-order valence-corrected chi connectivity index (χ0v) is 18.3. The Morgan fingerprint density at radius 3 is 2.46 bits per heavy atom. The van der Waals surface area contributed by atoms with E-state index in [2.05, 4.69) is 79.5 Å². The number of aliphatic imine (C=N–C) groups is 1. The van der Waals surface area contributed by atoms with Crippen LogP contribution in [0.3, 0.4) is 0 Å². The third-order valence-corrected chi connectivity index (χ3v) is 5.89. The molecule has 0 spiro atoms. The van der Waals surface area contributed by atoms with Gasteiger partial charge in [-0.2, -0.15) is 0 Å². The van der Waals surface area contributed by atoms with Crippen molar-refractivity contribution in [2.75, 3.05) is 4.90 Å². The molecule has 2 aromatic rings. The summed E-state index contributed by atoms with van der Waals surface area (Å²) >= 11 is 3.47. The van der Waals surface area contributed by atoms with E-state index in [-0.39, 0.29) is 5.54 Å². The van der Waals surface area contributed by atoms with Gasteiger partial charge in [-0.25, -0.2) is 0 Å². The van der Waals surface area contributed by atoms with Gasteiger partial charge in [-0.1, -0.05) is 22.9 Å². The third kappa shape index (κ3) is 3.73. The molecule has 2 aromatic carbocycles. The number of anilines is 1. The van der Waals surface area contributed by atoms with Crippen molar-refractivity contribution < 1.29 is 0 Å². The SMILES string of the molecule is Cc1cc2c(cc1C=Nc1ccc(Br)cc1)C(C)CC(C)(C)N2C(C)C. The van der Waals surface area contributed by atoms with Crippen LogP contribution in [0.4, 0.5) is 11.4 Å². The lowest BCUT2D eigenvalue weighted by Crippen LogP contribution is -2.51. The Balaban J connectivity index is 2.01. The lowest BCUT2D eigenvalue weighted by Gasteiger charge is -2.50. The lowest BCUT2D eigenvalue weighted by atomic mass is 9.78. The van der Waals surface area contributed by atoms with Crippen molar-refractivity contribution >= 4 is 33.5 Å². The van der Waals surface area contributed by atoms with Gasteiger partial charge in [-0.15, -0.1) is 0 Å². The molecule has 0 amide bonds. The van der Waals surface area contributed by atoms with Crippen LogP contribution in [-0.2, 0) is 0 Å². The molecule has 26 heavy (non-hydrogen) atoms. The number of nitrogens with zero attached hydrogens (tertiary/aromatic N) is 2. The van der Waals surface area contributed by atoms with Crippen molar-refractivity contribution in [1.82, 2.24) is 0 Å². The smallest absolute Gasteiger partial charge is 0.0630 e. The zero-order chi connectivity index (χ0) is 19.1. The van der Waals surface area contributed by atoms with Crippen molar-refractivity contribution in [3.63, 3.8) is 0 Å². The van der Waals surface area contributed by atoms with Gasteiger partial charge in [0.15, 0.2) is 0 Å². The molecule has 1 unspecified atom stereocenters. The summed E-state index contributed by atoms with van der Waals surface area (Å²) in [4.78, 5) is 7.26. The van der Waals surface area contributed by atoms with Gasteiger partial charge in [0.1, 0.15) is 0 Å². The first kappa shape index (κ1) is 19.2. The fraction of sp³-hybridized carbons (Fsp3) is 0.435. The zero-order valence-electron chi connectivity index (χ0n) is 16.7. The molecular weight excluding hydrogens is 384 g/mol. The Kier molecular flexibility index (Phi) is 5.30. The normalized spacial score (nSPS) is 19.2. The first-order valence-electron chi connectivity index (χ1n) is 9.42. The van der Waals surface area contributed by atoms with Crippen molar-refractivity contribution in [3.8, 4) is 0 Å². The van der Waals surface area contributed by atoms with Crippen LogP contribution in [0, 0.1) is 6.92 Å². The molecule has 0 saturated carbocycles. The standard InChI is InChI=1S/C23H29BrN2/c1-15(2)26-22-11-16(3)18(12-21(22)17(4)13-23(26,5)6)14-25-20-9-7-19(24)8-10-20/h7-12,14-15,17H,13H2,1-6H3. The second kappa shape index (κ2) is 7.19. The Morgan fingerprint density at radius 1 is 1.19 bits per heavy atom. The minimum absolute atomic E-state index is 0.181. The average molecular weight is 413 g/mol. The van der Waals surface area contributed by atoms with E-state index in [0.717, 1.165) is 10.2 Å². The van der Waals surface area contributed by atoms with Crippen LogP contribution < -0.4 is 4.90 Å². The molecule has 1 aliphatic rings. The number of rotatable bonds is 3. The summed E-state index contributed by atoms with van der Waals surface area (Å²) in [6, 6.07) is 13.3. The number of halogens is 1. The molecule has 0 bridgehead atoms. The van der Waals surface area contributed by atoms with Gasteiger partial charge in [-0.3, -0.25) is 4.99 Å². The third-order valence-electron chi connectivity index (χ3n) is 5.36. The average Bonchev–Trinajstić information content (AvgIpc) is 2.53. The van der Waals surface area contributed by atoms with E-state index in [1.54, 1.807) is 0 Å². The van der Waals surface area contributed by atoms with Gasteiger partial charge in [-0.05, 0) is 100 Å². The fourth-order valence-electron chi connectivity index (χ4n) is 4.40. The van der Waals surface area contributed by atoms with E-state index >= 15 is 0 Å². The predicted octanol–water partition coefficient (Wildman–Crippen LogP) is 7.01. The monoisotopic (exact) mass is 412 g/mol. The van der Waals surface area contributed by atoms with Crippen LogP contribution in [0.15, 0.2) is 45.9 Å². The molecular formula is C23H29BrN2. The maximum Gasteiger partial charge on any atom is 0.0630 e. The molecule has 3 heteroatoms. The van der Waals surface area contributed by atoms with Crippen molar-refractivity contribution in [1.29, 1.82) is 0 Å². The first-order valence-corrected chi connectivity index (χ1v) is 10.2. The number of fused-ring (bicyclic) bond motifs is 1. The Labute approximate surface area is 166 Å². The van der Waals surface area contributed by atoms with Crippen molar-refractivity contribution in [3.05, 3.63) is 57.6 Å². The quantitative estimate of drug-likeness (QED) is 0.494. The van der Waals surface area contributed by atoms with Gasteiger partial charge in [0.05, 0.1) is 5.69 Å². The highest BCUT2D eigenvalue weighted by Gasteiger charge is 2.37. The van der Waals surface area contributed by atoms with E-state index in [4.69, 9.17) is 0 Å². The minimum Gasteiger partial charge on any atom is -0.364 e. The van der Waals surface area contributed by atoms with Gasteiger partial charge >= 0.3 is 0 Å². The molecule has 0 N–H and O–H groups in total. The van der Waals surface area contributed by atoms with Crippen molar-refractivity contribution in [2.45, 2.75) is 65.5 Å². The van der Waals surface area contributed by atoms with Gasteiger partial charge in [0, 0.05) is 28.0 Å². The summed E-state index contributed by atoms with van der Waals surface area (Å²) in [5, 5.41) is 0. The summed E-state index contributed by atoms with van der Waals surface area (Å²) in [7, 11) is 0. The predicted molar refractivity (Wildman–Crippen MR) is 117 cm³/mol. The van der Waals surface area contributed by atoms with Crippen LogP contribution in [0.5, 0.6) is 0 Å². The van der Waals surface area contributed by atoms with E-state index in [9.17, 15) is 0 Å². The molecule has 1 aliphatic heterocycles. The highest BCUT2D eigenvalue weighted by Crippen LogP contribution is 2.45. The van der Waals surface area contributed by atoms with Crippen molar-refractivity contribution in [2.24, 2.45) is 4.99 Å². The fourth-order valence-corrected chi connectivity index (χ4v) is 4.67. The molecule has 3 rings (SSSR count). The lowest BCUT2D eigenvalue weighted by molar-refractivity contribution is 0.356. The Morgan fingerprint density at radius 2 is 1.85 bits per heavy atom. The second-order valence-electron chi connectivity index (χ2n) is 8.38. The molecule has 2 nitrogen and oxygen atoms in total. The summed E-state index contributed by atoms with van der Waals surface area (Å²) in [5.74, 6) is 0.551. The summed E-state index contributed by atoms with van der Waals surface area (Å²) in [6.07, 6.45) is 3.18.